The summed E-state index contributed by atoms with van der Waals surface area (Å²) in [5.41, 5.74) is 23.0. The van der Waals surface area contributed by atoms with Crippen LogP contribution >= 0.6 is 0 Å². The van der Waals surface area contributed by atoms with Crippen LogP contribution in [0.1, 0.15) is 22.6 Å². The van der Waals surface area contributed by atoms with E-state index in [4.69, 9.17) is 17.2 Å². The van der Waals surface area contributed by atoms with Gasteiger partial charge in [-0.25, -0.2) is 0 Å². The van der Waals surface area contributed by atoms with Crippen molar-refractivity contribution in [2.45, 2.75) is 5.92 Å². The second-order valence-electron chi connectivity index (χ2n) is 5.33. The third-order valence-corrected chi connectivity index (χ3v) is 3.93. The first-order valence-electron chi connectivity index (χ1n) is 7.21. The minimum Gasteiger partial charge on any atom is -0.397 e. The van der Waals surface area contributed by atoms with Crippen molar-refractivity contribution < 1.29 is 0 Å². The van der Waals surface area contributed by atoms with E-state index in [0.29, 0.717) is 17.1 Å². The molecule has 110 valence electrons. The summed E-state index contributed by atoms with van der Waals surface area (Å²) in [4.78, 5) is 0. The summed E-state index contributed by atoms with van der Waals surface area (Å²) in [6.07, 6.45) is 0. The highest BCUT2D eigenvalue weighted by molar-refractivity contribution is 5.81. The maximum atomic E-state index is 6.25. The number of hydrogen-bond acceptors (Lipinski definition) is 3. The summed E-state index contributed by atoms with van der Waals surface area (Å²) in [6, 6.07) is 24.3. The third kappa shape index (κ3) is 2.49. The first kappa shape index (κ1) is 14.0. The van der Waals surface area contributed by atoms with Gasteiger partial charge in [0.2, 0.25) is 0 Å². The lowest BCUT2D eigenvalue weighted by Crippen LogP contribution is -2.09. The van der Waals surface area contributed by atoms with E-state index in [0.717, 1.165) is 5.56 Å². The van der Waals surface area contributed by atoms with Crippen molar-refractivity contribution in [1.29, 1.82) is 0 Å². The number of nitrogens with two attached hydrogens (primary N) is 3. The molecule has 3 aromatic rings. The third-order valence-electron chi connectivity index (χ3n) is 3.93. The van der Waals surface area contributed by atoms with Crippen LogP contribution in [-0.2, 0) is 0 Å². The van der Waals surface area contributed by atoms with Crippen molar-refractivity contribution in [3.8, 4) is 0 Å². The average Bonchev–Trinajstić information content (AvgIpc) is 2.57. The van der Waals surface area contributed by atoms with Gasteiger partial charge in [-0.1, -0.05) is 66.7 Å². The minimum absolute atomic E-state index is 0.0327. The van der Waals surface area contributed by atoms with Crippen molar-refractivity contribution in [2.24, 2.45) is 0 Å². The van der Waals surface area contributed by atoms with Crippen LogP contribution in [0, 0.1) is 0 Å². The number of benzene rings is 3. The molecule has 3 rings (SSSR count). The molecule has 0 saturated heterocycles. The van der Waals surface area contributed by atoms with Crippen LogP contribution in [0.3, 0.4) is 0 Å². The number of nitrogen functional groups attached to an aromatic ring is 3. The van der Waals surface area contributed by atoms with Crippen LogP contribution < -0.4 is 17.2 Å². The highest BCUT2D eigenvalue weighted by atomic mass is 14.7. The monoisotopic (exact) mass is 289 g/mol. The molecule has 6 N–H and O–H groups in total. The van der Waals surface area contributed by atoms with Crippen LogP contribution in [0.5, 0.6) is 0 Å². The summed E-state index contributed by atoms with van der Waals surface area (Å²) < 4.78 is 0. The zero-order chi connectivity index (χ0) is 15.5. The molecule has 22 heavy (non-hydrogen) atoms. The number of rotatable bonds is 3. The lowest BCUT2D eigenvalue weighted by molar-refractivity contribution is 0.982. The SMILES string of the molecule is Nc1ccc(C(c2ccccc2)c2ccccc2)c(N)c1N. The Labute approximate surface area is 130 Å². The molecule has 3 aromatic carbocycles. The highest BCUT2D eigenvalue weighted by Crippen LogP contribution is 2.38. The Morgan fingerprint density at radius 1 is 0.545 bits per heavy atom. The van der Waals surface area contributed by atoms with Crippen molar-refractivity contribution in [1.82, 2.24) is 0 Å². The van der Waals surface area contributed by atoms with Gasteiger partial charge >= 0.3 is 0 Å². The normalized spacial score (nSPS) is 10.8. The van der Waals surface area contributed by atoms with E-state index >= 15 is 0 Å². The summed E-state index contributed by atoms with van der Waals surface area (Å²) in [6.45, 7) is 0. The molecule has 0 atom stereocenters. The van der Waals surface area contributed by atoms with Crippen LogP contribution in [0.4, 0.5) is 17.1 Å². The predicted octanol–water partition coefficient (Wildman–Crippen LogP) is 3.61. The van der Waals surface area contributed by atoms with E-state index in [1.54, 1.807) is 0 Å². The molecule has 0 spiro atoms. The Bertz CT molecular complexity index is 728. The quantitative estimate of drug-likeness (QED) is 0.509. The Morgan fingerprint density at radius 3 is 1.55 bits per heavy atom. The van der Waals surface area contributed by atoms with Gasteiger partial charge in [0, 0.05) is 5.92 Å². The molecule has 0 saturated carbocycles. The molecule has 0 unspecified atom stereocenters. The maximum Gasteiger partial charge on any atom is 0.0784 e. The second-order valence-corrected chi connectivity index (χ2v) is 5.33. The zero-order valence-corrected chi connectivity index (χ0v) is 12.2. The van der Waals surface area contributed by atoms with Crippen LogP contribution in [0.15, 0.2) is 72.8 Å². The molecule has 0 aromatic heterocycles. The molecule has 0 aliphatic rings. The molecule has 0 aliphatic heterocycles. The maximum absolute atomic E-state index is 6.25. The van der Waals surface area contributed by atoms with Gasteiger partial charge in [0.05, 0.1) is 17.1 Å². The number of hydrogen-bond donors (Lipinski definition) is 3. The van der Waals surface area contributed by atoms with Gasteiger partial charge in [0.1, 0.15) is 0 Å². The Morgan fingerprint density at radius 2 is 1.05 bits per heavy atom. The van der Waals surface area contributed by atoms with Gasteiger partial charge < -0.3 is 17.2 Å². The van der Waals surface area contributed by atoms with Gasteiger partial charge in [-0.15, -0.1) is 0 Å². The second kappa shape index (κ2) is 5.82. The minimum atomic E-state index is 0.0327. The van der Waals surface area contributed by atoms with Crippen molar-refractivity contribution in [3.05, 3.63) is 89.5 Å². The molecule has 0 fully saturated rings. The molecule has 0 aliphatic carbocycles. The van der Waals surface area contributed by atoms with Crippen molar-refractivity contribution in [2.75, 3.05) is 17.2 Å². The Kier molecular flexibility index (Phi) is 3.71. The van der Waals surface area contributed by atoms with Gasteiger partial charge in [-0.3, -0.25) is 0 Å². The molecular weight excluding hydrogens is 270 g/mol. The summed E-state index contributed by atoms with van der Waals surface area (Å²) in [5, 5.41) is 0. The molecule has 3 heteroatoms. The molecule has 0 heterocycles. The van der Waals surface area contributed by atoms with Gasteiger partial charge in [-0.05, 0) is 22.8 Å². The standard InChI is InChI=1S/C19H19N3/c20-16-12-11-15(18(21)19(16)22)17(13-7-3-1-4-8-13)14-9-5-2-6-10-14/h1-12,17H,20-22H2. The lowest BCUT2D eigenvalue weighted by atomic mass is 9.84. The summed E-state index contributed by atoms with van der Waals surface area (Å²) in [5.74, 6) is 0.0327. The van der Waals surface area contributed by atoms with E-state index in [9.17, 15) is 0 Å². The first-order chi connectivity index (χ1) is 10.7. The van der Waals surface area contributed by atoms with Gasteiger partial charge in [0.25, 0.3) is 0 Å². The Hall–Kier alpha value is -2.94. The average molecular weight is 289 g/mol. The largest absolute Gasteiger partial charge is 0.397 e. The molecule has 0 bridgehead atoms. The van der Waals surface area contributed by atoms with E-state index < -0.39 is 0 Å². The van der Waals surface area contributed by atoms with Crippen LogP contribution in [0.2, 0.25) is 0 Å². The molecule has 3 nitrogen and oxygen atoms in total. The Balaban J connectivity index is 2.21. The number of anilines is 3. The smallest absolute Gasteiger partial charge is 0.0784 e. The fraction of sp³-hybridized carbons (Fsp3) is 0.0526. The molecular formula is C19H19N3. The zero-order valence-electron chi connectivity index (χ0n) is 12.2. The lowest BCUT2D eigenvalue weighted by Gasteiger charge is -2.22. The van der Waals surface area contributed by atoms with Crippen LogP contribution in [-0.4, -0.2) is 0 Å². The van der Waals surface area contributed by atoms with Crippen molar-refractivity contribution in [3.63, 3.8) is 0 Å². The van der Waals surface area contributed by atoms with Crippen LogP contribution in [0.25, 0.3) is 0 Å². The first-order valence-corrected chi connectivity index (χ1v) is 7.21. The van der Waals surface area contributed by atoms with E-state index in [2.05, 4.69) is 24.3 Å². The fourth-order valence-electron chi connectivity index (χ4n) is 2.76. The molecule has 0 radical (unpaired) electrons. The van der Waals surface area contributed by atoms with Gasteiger partial charge in [-0.2, -0.15) is 0 Å². The highest BCUT2D eigenvalue weighted by Gasteiger charge is 2.20. The van der Waals surface area contributed by atoms with E-state index in [-0.39, 0.29) is 5.92 Å². The molecule has 0 amide bonds. The van der Waals surface area contributed by atoms with E-state index in [1.165, 1.54) is 11.1 Å². The summed E-state index contributed by atoms with van der Waals surface area (Å²) in [7, 11) is 0. The van der Waals surface area contributed by atoms with Crippen molar-refractivity contribution >= 4 is 17.1 Å². The van der Waals surface area contributed by atoms with E-state index in [1.807, 2.05) is 48.5 Å². The van der Waals surface area contributed by atoms with Gasteiger partial charge in [0.15, 0.2) is 0 Å². The summed E-state index contributed by atoms with van der Waals surface area (Å²) >= 11 is 0. The fourth-order valence-corrected chi connectivity index (χ4v) is 2.76. The predicted molar refractivity (Wildman–Crippen MR) is 93.5 cm³/mol. The topological polar surface area (TPSA) is 78.1 Å².